The minimum Gasteiger partial charge on any atom is -0.477 e. The average Bonchev–Trinajstić information content (AvgIpc) is 2.91. The number of anilines is 2. The summed E-state index contributed by atoms with van der Waals surface area (Å²) in [5.41, 5.74) is 3.31. The Morgan fingerprint density at radius 3 is 2.32 bits per heavy atom. The minimum absolute atomic E-state index is 0.0292. The van der Waals surface area contributed by atoms with E-state index in [-0.39, 0.29) is 11.5 Å². The van der Waals surface area contributed by atoms with Gasteiger partial charge in [-0.2, -0.15) is 0 Å². The SMILES string of the molecule is CC(=O)c1ccc(Nc2ccc3[nH]c(C(=O)O)cc3c2)cc1. The third-order valence-electron chi connectivity index (χ3n) is 3.43. The second-order valence-corrected chi connectivity index (χ2v) is 5.05. The molecule has 1 heterocycles. The lowest BCUT2D eigenvalue weighted by atomic mass is 10.1. The Morgan fingerprint density at radius 1 is 1.00 bits per heavy atom. The van der Waals surface area contributed by atoms with E-state index in [1.165, 1.54) is 6.92 Å². The highest BCUT2D eigenvalue weighted by atomic mass is 16.4. The number of aromatic nitrogens is 1. The number of hydrogen-bond donors (Lipinski definition) is 3. The van der Waals surface area contributed by atoms with Crippen LogP contribution in [0.5, 0.6) is 0 Å². The fraction of sp³-hybridized carbons (Fsp3) is 0.0588. The maximum atomic E-state index is 11.2. The molecule has 22 heavy (non-hydrogen) atoms. The number of fused-ring (bicyclic) bond motifs is 1. The summed E-state index contributed by atoms with van der Waals surface area (Å²) in [6.45, 7) is 1.53. The second kappa shape index (κ2) is 5.37. The molecular formula is C17H14N2O3. The zero-order chi connectivity index (χ0) is 15.7. The second-order valence-electron chi connectivity index (χ2n) is 5.05. The van der Waals surface area contributed by atoms with E-state index < -0.39 is 5.97 Å². The van der Waals surface area contributed by atoms with Crippen LogP contribution in [0.15, 0.2) is 48.5 Å². The number of benzene rings is 2. The van der Waals surface area contributed by atoms with Crippen molar-refractivity contribution in [3.05, 3.63) is 59.8 Å². The van der Waals surface area contributed by atoms with Gasteiger partial charge in [0, 0.05) is 27.8 Å². The molecule has 0 saturated heterocycles. The van der Waals surface area contributed by atoms with E-state index in [2.05, 4.69) is 10.3 Å². The van der Waals surface area contributed by atoms with E-state index in [1.54, 1.807) is 18.2 Å². The Hall–Kier alpha value is -3.08. The van der Waals surface area contributed by atoms with Crippen molar-refractivity contribution in [2.75, 3.05) is 5.32 Å². The van der Waals surface area contributed by atoms with Gasteiger partial charge in [-0.1, -0.05) is 0 Å². The Kier molecular flexibility index (Phi) is 3.39. The summed E-state index contributed by atoms with van der Waals surface area (Å²) < 4.78 is 0. The highest BCUT2D eigenvalue weighted by Gasteiger charge is 2.07. The normalized spacial score (nSPS) is 10.6. The Labute approximate surface area is 126 Å². The summed E-state index contributed by atoms with van der Waals surface area (Å²) in [5, 5.41) is 13.0. The molecule has 0 atom stereocenters. The van der Waals surface area contributed by atoms with Crippen molar-refractivity contribution in [2.24, 2.45) is 0 Å². The average molecular weight is 294 g/mol. The van der Waals surface area contributed by atoms with Crippen LogP contribution in [-0.2, 0) is 0 Å². The number of carboxylic acid groups (broad SMARTS) is 1. The topological polar surface area (TPSA) is 82.2 Å². The monoisotopic (exact) mass is 294 g/mol. The molecule has 5 nitrogen and oxygen atoms in total. The highest BCUT2D eigenvalue weighted by Crippen LogP contribution is 2.23. The van der Waals surface area contributed by atoms with E-state index in [0.29, 0.717) is 5.56 Å². The third-order valence-corrected chi connectivity index (χ3v) is 3.43. The molecule has 0 spiro atoms. The molecule has 0 aliphatic carbocycles. The number of carbonyl (C=O) groups is 2. The van der Waals surface area contributed by atoms with Gasteiger partial charge in [0.05, 0.1) is 0 Å². The van der Waals surface area contributed by atoms with Crippen molar-refractivity contribution < 1.29 is 14.7 Å². The van der Waals surface area contributed by atoms with Crippen molar-refractivity contribution in [2.45, 2.75) is 6.92 Å². The Bertz CT molecular complexity index is 863. The molecular weight excluding hydrogens is 280 g/mol. The Morgan fingerprint density at radius 2 is 1.68 bits per heavy atom. The van der Waals surface area contributed by atoms with Crippen molar-refractivity contribution in [1.29, 1.82) is 0 Å². The van der Waals surface area contributed by atoms with Gasteiger partial charge in [0.2, 0.25) is 0 Å². The van der Waals surface area contributed by atoms with Crippen LogP contribution >= 0.6 is 0 Å². The molecule has 0 aliphatic rings. The number of Topliss-reactive ketones (excluding diaryl/α,β-unsaturated/α-hetero) is 1. The van der Waals surface area contributed by atoms with Crippen LogP contribution in [0.4, 0.5) is 11.4 Å². The smallest absolute Gasteiger partial charge is 0.352 e. The number of carbonyl (C=O) groups excluding carboxylic acids is 1. The van der Waals surface area contributed by atoms with E-state index in [1.807, 2.05) is 30.3 Å². The summed E-state index contributed by atoms with van der Waals surface area (Å²) in [4.78, 5) is 25.0. The largest absolute Gasteiger partial charge is 0.477 e. The molecule has 1 aromatic heterocycles. The van der Waals surface area contributed by atoms with Gasteiger partial charge >= 0.3 is 5.97 Å². The lowest BCUT2D eigenvalue weighted by Gasteiger charge is -2.07. The number of aromatic amines is 1. The first-order valence-corrected chi connectivity index (χ1v) is 6.77. The lowest BCUT2D eigenvalue weighted by Crippen LogP contribution is -1.94. The fourth-order valence-corrected chi connectivity index (χ4v) is 2.28. The molecule has 0 unspecified atom stereocenters. The van der Waals surface area contributed by atoms with Crippen LogP contribution in [0.3, 0.4) is 0 Å². The summed E-state index contributed by atoms with van der Waals surface area (Å²) in [6.07, 6.45) is 0. The number of nitrogens with one attached hydrogen (secondary N) is 2. The van der Waals surface area contributed by atoms with Crippen LogP contribution in [0.2, 0.25) is 0 Å². The molecule has 0 saturated carbocycles. The Balaban J connectivity index is 1.87. The van der Waals surface area contributed by atoms with Crippen molar-refractivity contribution in [1.82, 2.24) is 4.98 Å². The van der Waals surface area contributed by atoms with Crippen LogP contribution in [0.1, 0.15) is 27.8 Å². The van der Waals surface area contributed by atoms with E-state index >= 15 is 0 Å². The van der Waals surface area contributed by atoms with Gasteiger partial charge in [-0.05, 0) is 55.5 Å². The van der Waals surface area contributed by atoms with Gasteiger partial charge in [0.15, 0.2) is 5.78 Å². The highest BCUT2D eigenvalue weighted by molar-refractivity contribution is 5.95. The molecule has 0 fully saturated rings. The van der Waals surface area contributed by atoms with Crippen molar-refractivity contribution in [3.8, 4) is 0 Å². The zero-order valence-corrected chi connectivity index (χ0v) is 11.9. The van der Waals surface area contributed by atoms with E-state index in [4.69, 9.17) is 5.11 Å². The van der Waals surface area contributed by atoms with Gasteiger partial charge in [-0.25, -0.2) is 4.79 Å². The molecule has 0 radical (unpaired) electrons. The molecule has 5 heteroatoms. The number of H-pyrrole nitrogens is 1. The van der Waals surface area contributed by atoms with Gasteiger partial charge < -0.3 is 15.4 Å². The molecule has 3 N–H and O–H groups in total. The van der Waals surface area contributed by atoms with Crippen LogP contribution in [0.25, 0.3) is 10.9 Å². The molecule has 3 aromatic rings. The van der Waals surface area contributed by atoms with E-state index in [9.17, 15) is 9.59 Å². The lowest BCUT2D eigenvalue weighted by molar-refractivity contribution is 0.0691. The summed E-state index contributed by atoms with van der Waals surface area (Å²) in [6, 6.07) is 14.4. The number of hydrogen-bond acceptors (Lipinski definition) is 3. The molecule has 0 amide bonds. The predicted octanol–water partition coefficient (Wildman–Crippen LogP) is 3.81. The van der Waals surface area contributed by atoms with Gasteiger partial charge in [-0.15, -0.1) is 0 Å². The van der Waals surface area contributed by atoms with Gasteiger partial charge in [-0.3, -0.25) is 4.79 Å². The number of ketones is 1. The number of rotatable bonds is 4. The first-order valence-electron chi connectivity index (χ1n) is 6.77. The van der Waals surface area contributed by atoms with Crippen molar-refractivity contribution >= 4 is 34.0 Å². The molecule has 2 aromatic carbocycles. The van der Waals surface area contributed by atoms with Crippen molar-refractivity contribution in [3.63, 3.8) is 0 Å². The number of aromatic carboxylic acids is 1. The maximum absolute atomic E-state index is 11.2. The van der Waals surface area contributed by atoms with Crippen LogP contribution in [0, 0.1) is 0 Å². The molecule has 0 aliphatic heterocycles. The molecule has 3 rings (SSSR count). The summed E-state index contributed by atoms with van der Waals surface area (Å²) >= 11 is 0. The zero-order valence-electron chi connectivity index (χ0n) is 11.9. The van der Waals surface area contributed by atoms with Crippen LogP contribution in [-0.4, -0.2) is 21.8 Å². The first kappa shape index (κ1) is 13.9. The quantitative estimate of drug-likeness (QED) is 0.639. The predicted molar refractivity (Wildman–Crippen MR) is 85.0 cm³/mol. The summed E-state index contributed by atoms with van der Waals surface area (Å²) in [5.74, 6) is -0.952. The first-order chi connectivity index (χ1) is 10.5. The van der Waals surface area contributed by atoms with Gasteiger partial charge in [0.25, 0.3) is 0 Å². The minimum atomic E-state index is -0.981. The standard InChI is InChI=1S/C17H14N2O3/c1-10(20)11-2-4-13(5-3-11)18-14-6-7-15-12(8-14)9-16(19-15)17(21)22/h2-9,18-19H,1H3,(H,21,22). The summed E-state index contributed by atoms with van der Waals surface area (Å²) in [7, 11) is 0. The molecule has 110 valence electrons. The fourth-order valence-electron chi connectivity index (χ4n) is 2.28. The third kappa shape index (κ3) is 2.69. The number of carboxylic acids is 1. The van der Waals surface area contributed by atoms with Gasteiger partial charge in [0.1, 0.15) is 5.69 Å². The maximum Gasteiger partial charge on any atom is 0.352 e. The van der Waals surface area contributed by atoms with E-state index in [0.717, 1.165) is 22.3 Å². The van der Waals surface area contributed by atoms with Crippen LogP contribution < -0.4 is 5.32 Å². The molecule has 0 bridgehead atoms.